The van der Waals surface area contributed by atoms with Crippen LogP contribution in [0.1, 0.15) is 44.0 Å². The number of pyridine rings is 2. The molecule has 0 radical (unpaired) electrons. The van der Waals surface area contributed by atoms with E-state index in [-0.39, 0.29) is 17.8 Å². The number of nitrogen functional groups attached to an aromatic ring is 1. The van der Waals surface area contributed by atoms with Gasteiger partial charge in [-0.05, 0) is 32.8 Å². The number of rotatable bonds is 3. The van der Waals surface area contributed by atoms with E-state index in [4.69, 9.17) is 16.2 Å². The number of nitrogens with two attached hydrogens (primary N) is 2. The highest BCUT2D eigenvalue weighted by atomic mass is 16.5. The molecule has 2 heterocycles. The Morgan fingerprint density at radius 3 is 2.68 bits per heavy atom. The second kappa shape index (κ2) is 5.43. The van der Waals surface area contributed by atoms with Crippen molar-refractivity contribution in [3.8, 4) is 11.9 Å². The second-order valence-electron chi connectivity index (χ2n) is 6.04. The molecule has 22 heavy (non-hydrogen) atoms. The number of anilines is 1. The molecular formula is C16H19N5O. The lowest BCUT2D eigenvalue weighted by molar-refractivity contribution is 0.236. The monoisotopic (exact) mass is 297 g/mol. The summed E-state index contributed by atoms with van der Waals surface area (Å²) < 4.78 is 5.76. The Morgan fingerprint density at radius 2 is 2.09 bits per heavy atom. The van der Waals surface area contributed by atoms with Gasteiger partial charge in [-0.25, -0.2) is 0 Å². The minimum absolute atomic E-state index is 0.0420. The van der Waals surface area contributed by atoms with Gasteiger partial charge in [0.1, 0.15) is 6.07 Å². The normalized spacial score (nSPS) is 20.7. The maximum absolute atomic E-state index is 9.17. The Morgan fingerprint density at radius 1 is 1.36 bits per heavy atom. The molecule has 0 aliphatic heterocycles. The molecule has 0 spiro atoms. The fourth-order valence-electron chi connectivity index (χ4n) is 2.74. The summed E-state index contributed by atoms with van der Waals surface area (Å²) in [5.41, 5.74) is 13.4. The van der Waals surface area contributed by atoms with Crippen molar-refractivity contribution in [2.75, 3.05) is 5.73 Å². The predicted molar refractivity (Wildman–Crippen MR) is 84.4 cm³/mol. The molecule has 2 aromatic heterocycles. The number of hydrogen-bond acceptors (Lipinski definition) is 6. The zero-order chi connectivity index (χ0) is 15.9. The number of fused-ring (bicyclic) bond motifs is 1. The maximum Gasteiger partial charge on any atom is 0.223 e. The van der Waals surface area contributed by atoms with Gasteiger partial charge in [0.15, 0.2) is 5.69 Å². The molecule has 1 aliphatic rings. The van der Waals surface area contributed by atoms with Crippen LogP contribution in [0.4, 0.5) is 5.69 Å². The van der Waals surface area contributed by atoms with E-state index in [2.05, 4.69) is 9.97 Å². The van der Waals surface area contributed by atoms with Gasteiger partial charge in [0.05, 0.1) is 11.8 Å². The smallest absolute Gasteiger partial charge is 0.223 e. The second-order valence-corrected chi connectivity index (χ2v) is 6.04. The van der Waals surface area contributed by atoms with Gasteiger partial charge in [-0.3, -0.25) is 4.98 Å². The average Bonchev–Trinajstić information content (AvgIpc) is 2.46. The first-order valence-electron chi connectivity index (χ1n) is 7.41. The van der Waals surface area contributed by atoms with E-state index < -0.39 is 0 Å². The van der Waals surface area contributed by atoms with Crippen LogP contribution in [0, 0.1) is 11.3 Å². The van der Waals surface area contributed by atoms with Crippen molar-refractivity contribution in [2.45, 2.75) is 44.8 Å². The zero-order valence-electron chi connectivity index (χ0n) is 12.7. The first kappa shape index (κ1) is 14.5. The largest absolute Gasteiger partial charge is 0.474 e. The van der Waals surface area contributed by atoms with Gasteiger partial charge in [0.2, 0.25) is 5.88 Å². The molecule has 1 aliphatic carbocycles. The Hall–Kier alpha value is -2.39. The Bertz CT molecular complexity index is 759. The van der Waals surface area contributed by atoms with Crippen LogP contribution in [0.5, 0.6) is 5.88 Å². The van der Waals surface area contributed by atoms with Crippen molar-refractivity contribution in [3.05, 3.63) is 23.7 Å². The summed E-state index contributed by atoms with van der Waals surface area (Å²) in [5, 5.41) is 10.7. The highest BCUT2D eigenvalue weighted by Crippen LogP contribution is 2.38. The molecule has 0 bridgehead atoms. The summed E-state index contributed by atoms with van der Waals surface area (Å²) in [6.45, 7) is 3.84. The van der Waals surface area contributed by atoms with Crippen molar-refractivity contribution in [1.29, 1.82) is 5.26 Å². The van der Waals surface area contributed by atoms with Crippen LogP contribution in [0.2, 0.25) is 0 Å². The van der Waals surface area contributed by atoms with Crippen LogP contribution in [-0.2, 0) is 0 Å². The molecule has 0 aromatic carbocycles. The SMILES string of the molecule is CC(C)Oc1nc(C#N)c(N)c2cnc([C@H]3C[C@H](N)C3)cc12. The van der Waals surface area contributed by atoms with Crippen molar-refractivity contribution >= 4 is 16.5 Å². The lowest BCUT2D eigenvalue weighted by Crippen LogP contribution is -2.35. The fraction of sp³-hybridized carbons (Fsp3) is 0.438. The molecule has 3 rings (SSSR count). The van der Waals surface area contributed by atoms with Crippen LogP contribution in [-0.4, -0.2) is 22.1 Å². The van der Waals surface area contributed by atoms with Gasteiger partial charge in [0.25, 0.3) is 0 Å². The fourth-order valence-corrected chi connectivity index (χ4v) is 2.74. The summed E-state index contributed by atoms with van der Waals surface area (Å²) in [7, 11) is 0. The first-order chi connectivity index (χ1) is 10.5. The van der Waals surface area contributed by atoms with E-state index in [1.54, 1.807) is 6.20 Å². The molecule has 0 unspecified atom stereocenters. The third-order valence-electron chi connectivity index (χ3n) is 3.96. The topological polar surface area (TPSA) is 111 Å². The van der Waals surface area contributed by atoms with Gasteiger partial charge < -0.3 is 16.2 Å². The van der Waals surface area contributed by atoms with Crippen LogP contribution in [0.25, 0.3) is 10.8 Å². The quantitative estimate of drug-likeness (QED) is 0.897. The van der Waals surface area contributed by atoms with Crippen molar-refractivity contribution < 1.29 is 4.74 Å². The summed E-state index contributed by atoms with van der Waals surface area (Å²) in [4.78, 5) is 8.75. The lowest BCUT2D eigenvalue weighted by Gasteiger charge is -2.32. The molecule has 4 N–H and O–H groups in total. The number of nitrogens with zero attached hydrogens (tertiary/aromatic N) is 3. The van der Waals surface area contributed by atoms with Crippen molar-refractivity contribution in [2.24, 2.45) is 5.73 Å². The van der Waals surface area contributed by atoms with Gasteiger partial charge in [-0.15, -0.1) is 0 Å². The minimum atomic E-state index is -0.0420. The molecule has 6 nitrogen and oxygen atoms in total. The first-order valence-corrected chi connectivity index (χ1v) is 7.41. The number of hydrogen-bond donors (Lipinski definition) is 2. The lowest BCUT2D eigenvalue weighted by atomic mass is 9.78. The van der Waals surface area contributed by atoms with E-state index in [0.29, 0.717) is 22.9 Å². The molecule has 2 aromatic rings. The molecule has 0 saturated heterocycles. The number of ether oxygens (including phenoxy) is 1. The van der Waals surface area contributed by atoms with E-state index in [1.165, 1.54) is 0 Å². The highest BCUT2D eigenvalue weighted by Gasteiger charge is 2.29. The zero-order valence-corrected chi connectivity index (χ0v) is 12.7. The Balaban J connectivity index is 2.14. The third kappa shape index (κ3) is 2.44. The molecule has 1 fully saturated rings. The molecular weight excluding hydrogens is 278 g/mol. The van der Waals surface area contributed by atoms with Gasteiger partial charge >= 0.3 is 0 Å². The highest BCUT2D eigenvalue weighted by molar-refractivity contribution is 5.97. The summed E-state index contributed by atoms with van der Waals surface area (Å²) >= 11 is 0. The molecule has 6 heteroatoms. The molecule has 0 atom stereocenters. The minimum Gasteiger partial charge on any atom is -0.474 e. The average molecular weight is 297 g/mol. The standard InChI is InChI=1S/C16H19N5O/c1-8(2)22-16-11-5-13(9-3-10(18)4-9)20-7-12(11)15(19)14(6-17)21-16/h5,7-10H,3-4,18-19H2,1-2H3/t9-,10-. The van der Waals surface area contributed by atoms with E-state index in [1.807, 2.05) is 26.0 Å². The Kier molecular flexibility index (Phi) is 3.59. The summed E-state index contributed by atoms with van der Waals surface area (Å²) in [6, 6.07) is 4.23. The van der Waals surface area contributed by atoms with Gasteiger partial charge in [-0.1, -0.05) is 0 Å². The van der Waals surface area contributed by atoms with Crippen molar-refractivity contribution in [1.82, 2.24) is 9.97 Å². The Labute approximate surface area is 129 Å². The molecule has 1 saturated carbocycles. The van der Waals surface area contributed by atoms with Crippen LogP contribution in [0.3, 0.4) is 0 Å². The van der Waals surface area contributed by atoms with Gasteiger partial charge in [-0.2, -0.15) is 10.2 Å². The third-order valence-corrected chi connectivity index (χ3v) is 3.96. The number of nitriles is 1. The van der Waals surface area contributed by atoms with Crippen LogP contribution in [0.15, 0.2) is 12.3 Å². The predicted octanol–water partition coefficient (Wildman–Crippen LogP) is 2.08. The van der Waals surface area contributed by atoms with Gasteiger partial charge in [0, 0.05) is 34.6 Å². The molecule has 114 valence electrons. The maximum atomic E-state index is 9.17. The number of aromatic nitrogens is 2. The van der Waals surface area contributed by atoms with Crippen LogP contribution >= 0.6 is 0 Å². The molecule has 0 amide bonds. The van der Waals surface area contributed by atoms with E-state index in [9.17, 15) is 5.26 Å². The van der Waals surface area contributed by atoms with Crippen molar-refractivity contribution in [3.63, 3.8) is 0 Å². The summed E-state index contributed by atoms with van der Waals surface area (Å²) in [5.74, 6) is 0.811. The van der Waals surface area contributed by atoms with E-state index >= 15 is 0 Å². The van der Waals surface area contributed by atoms with E-state index in [0.717, 1.165) is 23.9 Å². The summed E-state index contributed by atoms with van der Waals surface area (Å²) in [6.07, 6.45) is 3.55. The van der Waals surface area contributed by atoms with Crippen LogP contribution < -0.4 is 16.2 Å².